The van der Waals surface area contributed by atoms with E-state index < -0.39 is 0 Å². The Morgan fingerprint density at radius 2 is 2.00 bits per heavy atom. The molecule has 108 valence electrons. The molecule has 0 aliphatic carbocycles. The highest BCUT2D eigenvalue weighted by Crippen LogP contribution is 2.21. The summed E-state index contributed by atoms with van der Waals surface area (Å²) < 4.78 is 16.5. The molecule has 1 aromatic heterocycles. The average Bonchev–Trinajstić information content (AvgIpc) is 2.95. The Bertz CT molecular complexity index is 752. The van der Waals surface area contributed by atoms with Crippen molar-refractivity contribution in [3.8, 4) is 11.5 Å². The molecule has 0 aliphatic heterocycles. The first-order chi connectivity index (χ1) is 10.3. The third-order valence-corrected chi connectivity index (χ3v) is 3.14. The molecule has 0 amide bonds. The number of hydrogen-bond acceptors (Lipinski definition) is 5. The van der Waals surface area contributed by atoms with E-state index in [0.29, 0.717) is 18.2 Å². The predicted molar refractivity (Wildman–Crippen MR) is 79.2 cm³/mol. The number of fused-ring (bicyclic) bond motifs is 1. The van der Waals surface area contributed by atoms with Gasteiger partial charge in [0.25, 0.3) is 0 Å². The maximum atomic E-state index is 5.67. The minimum Gasteiger partial charge on any atom is -0.497 e. The Morgan fingerprint density at radius 1 is 1.14 bits per heavy atom. The van der Waals surface area contributed by atoms with Crippen LogP contribution in [0.25, 0.3) is 11.1 Å². The third-order valence-electron chi connectivity index (χ3n) is 3.14. The van der Waals surface area contributed by atoms with Gasteiger partial charge in [-0.25, -0.2) is 4.98 Å². The number of nitrogens with two attached hydrogens (primary N) is 1. The number of aromatic nitrogens is 1. The molecule has 0 aliphatic rings. The van der Waals surface area contributed by atoms with Crippen molar-refractivity contribution in [3.05, 3.63) is 53.9 Å². The smallest absolute Gasteiger partial charge is 0.233 e. The van der Waals surface area contributed by atoms with E-state index in [2.05, 4.69) is 4.98 Å². The van der Waals surface area contributed by atoms with Gasteiger partial charge in [-0.05, 0) is 29.8 Å². The van der Waals surface area contributed by atoms with Gasteiger partial charge >= 0.3 is 0 Å². The van der Waals surface area contributed by atoms with E-state index in [-0.39, 0.29) is 6.61 Å². The van der Waals surface area contributed by atoms with Crippen LogP contribution in [0.4, 0.5) is 0 Å². The van der Waals surface area contributed by atoms with E-state index >= 15 is 0 Å². The van der Waals surface area contributed by atoms with Crippen LogP contribution in [-0.2, 0) is 13.2 Å². The highest BCUT2D eigenvalue weighted by molar-refractivity contribution is 5.73. The highest BCUT2D eigenvalue weighted by atomic mass is 16.5. The first-order valence-electron chi connectivity index (χ1n) is 6.64. The Labute approximate surface area is 122 Å². The van der Waals surface area contributed by atoms with Crippen molar-refractivity contribution in [2.75, 3.05) is 7.11 Å². The van der Waals surface area contributed by atoms with Crippen LogP contribution in [0.5, 0.6) is 11.5 Å². The molecule has 0 saturated carbocycles. The van der Waals surface area contributed by atoms with Gasteiger partial charge in [-0.3, -0.25) is 0 Å². The van der Waals surface area contributed by atoms with E-state index in [1.807, 2.05) is 42.5 Å². The van der Waals surface area contributed by atoms with Gasteiger partial charge in [0.15, 0.2) is 12.2 Å². The summed E-state index contributed by atoms with van der Waals surface area (Å²) in [6, 6.07) is 13.1. The van der Waals surface area contributed by atoms with E-state index in [0.717, 1.165) is 22.4 Å². The van der Waals surface area contributed by atoms with Gasteiger partial charge in [0.1, 0.15) is 17.0 Å². The lowest BCUT2D eigenvalue weighted by molar-refractivity contribution is 0.266. The predicted octanol–water partition coefficient (Wildman–Crippen LogP) is 2.87. The van der Waals surface area contributed by atoms with Crippen LogP contribution in [0.3, 0.4) is 0 Å². The Balaban J connectivity index is 1.75. The Hall–Kier alpha value is -2.53. The second kappa shape index (κ2) is 5.85. The Morgan fingerprint density at radius 3 is 2.81 bits per heavy atom. The van der Waals surface area contributed by atoms with Gasteiger partial charge in [-0.15, -0.1) is 0 Å². The number of methoxy groups -OCH3 is 1. The summed E-state index contributed by atoms with van der Waals surface area (Å²) in [6.07, 6.45) is 0. The molecule has 3 rings (SSSR count). The normalized spacial score (nSPS) is 10.8. The van der Waals surface area contributed by atoms with E-state index in [1.165, 1.54) is 0 Å². The van der Waals surface area contributed by atoms with E-state index in [9.17, 15) is 0 Å². The second-order valence-corrected chi connectivity index (χ2v) is 4.58. The summed E-state index contributed by atoms with van der Waals surface area (Å²) in [6.45, 7) is 0.742. The third kappa shape index (κ3) is 2.98. The number of nitrogens with zero attached hydrogens (tertiary/aromatic N) is 1. The number of ether oxygens (including phenoxy) is 2. The van der Waals surface area contributed by atoms with Gasteiger partial charge < -0.3 is 19.6 Å². The molecule has 0 radical (unpaired) electrons. The molecule has 21 heavy (non-hydrogen) atoms. The van der Waals surface area contributed by atoms with Gasteiger partial charge in [0, 0.05) is 12.6 Å². The standard InChI is InChI=1S/C16H16N2O3/c1-19-12-3-2-4-13(8-12)20-10-16-18-14-6-5-11(9-17)7-15(14)21-16/h2-8H,9-10,17H2,1H3. The van der Waals surface area contributed by atoms with Gasteiger partial charge in [0.05, 0.1) is 7.11 Å². The van der Waals surface area contributed by atoms with Crippen LogP contribution < -0.4 is 15.2 Å². The summed E-state index contributed by atoms with van der Waals surface area (Å²) in [5.41, 5.74) is 8.15. The fourth-order valence-corrected chi connectivity index (χ4v) is 2.04. The zero-order valence-corrected chi connectivity index (χ0v) is 11.7. The molecule has 0 unspecified atom stereocenters. The largest absolute Gasteiger partial charge is 0.497 e. The molecule has 3 aromatic rings. The van der Waals surface area contributed by atoms with Gasteiger partial charge in [0.2, 0.25) is 5.89 Å². The van der Waals surface area contributed by atoms with Crippen LogP contribution in [0.15, 0.2) is 46.9 Å². The summed E-state index contributed by atoms with van der Waals surface area (Å²) in [5, 5.41) is 0. The number of hydrogen-bond donors (Lipinski definition) is 1. The summed E-state index contributed by atoms with van der Waals surface area (Å²) in [4.78, 5) is 4.38. The van der Waals surface area contributed by atoms with Crippen molar-refractivity contribution >= 4 is 11.1 Å². The summed E-state index contributed by atoms with van der Waals surface area (Å²) in [7, 11) is 1.62. The SMILES string of the molecule is COc1cccc(OCc2nc3ccc(CN)cc3o2)c1. The van der Waals surface area contributed by atoms with Crippen molar-refractivity contribution in [2.45, 2.75) is 13.2 Å². The summed E-state index contributed by atoms with van der Waals surface area (Å²) >= 11 is 0. The molecule has 0 atom stereocenters. The molecule has 0 bridgehead atoms. The average molecular weight is 284 g/mol. The molecular formula is C16H16N2O3. The maximum absolute atomic E-state index is 5.67. The minimum atomic E-state index is 0.264. The molecule has 2 N–H and O–H groups in total. The zero-order chi connectivity index (χ0) is 14.7. The highest BCUT2D eigenvalue weighted by Gasteiger charge is 2.07. The van der Waals surface area contributed by atoms with E-state index in [1.54, 1.807) is 7.11 Å². The van der Waals surface area contributed by atoms with Crippen molar-refractivity contribution in [2.24, 2.45) is 5.73 Å². The first-order valence-corrected chi connectivity index (χ1v) is 6.64. The summed E-state index contributed by atoms with van der Waals surface area (Å²) in [5.74, 6) is 1.99. The molecule has 2 aromatic carbocycles. The second-order valence-electron chi connectivity index (χ2n) is 4.58. The maximum Gasteiger partial charge on any atom is 0.233 e. The van der Waals surface area contributed by atoms with Gasteiger partial charge in [-0.2, -0.15) is 0 Å². The van der Waals surface area contributed by atoms with E-state index in [4.69, 9.17) is 19.6 Å². The molecule has 0 fully saturated rings. The lowest BCUT2D eigenvalue weighted by Gasteiger charge is -2.05. The lowest BCUT2D eigenvalue weighted by atomic mass is 10.2. The van der Waals surface area contributed by atoms with Crippen molar-refractivity contribution in [1.29, 1.82) is 0 Å². The zero-order valence-electron chi connectivity index (χ0n) is 11.7. The number of rotatable bonds is 5. The van der Waals surface area contributed by atoms with Crippen LogP contribution in [0.1, 0.15) is 11.5 Å². The minimum absolute atomic E-state index is 0.264. The fraction of sp³-hybridized carbons (Fsp3) is 0.188. The van der Waals surface area contributed by atoms with Crippen molar-refractivity contribution in [3.63, 3.8) is 0 Å². The van der Waals surface area contributed by atoms with Crippen LogP contribution in [0, 0.1) is 0 Å². The number of benzene rings is 2. The first kappa shape index (κ1) is 13.5. The van der Waals surface area contributed by atoms with Gasteiger partial charge in [-0.1, -0.05) is 12.1 Å². The quantitative estimate of drug-likeness (QED) is 0.780. The Kier molecular flexibility index (Phi) is 3.75. The van der Waals surface area contributed by atoms with Crippen LogP contribution >= 0.6 is 0 Å². The number of oxazole rings is 1. The van der Waals surface area contributed by atoms with Crippen molar-refractivity contribution < 1.29 is 13.9 Å². The molecular weight excluding hydrogens is 268 g/mol. The topological polar surface area (TPSA) is 70.5 Å². The molecule has 5 nitrogen and oxygen atoms in total. The molecule has 1 heterocycles. The lowest BCUT2D eigenvalue weighted by Crippen LogP contribution is -1.95. The van der Waals surface area contributed by atoms with Crippen LogP contribution in [0.2, 0.25) is 0 Å². The van der Waals surface area contributed by atoms with Crippen molar-refractivity contribution in [1.82, 2.24) is 4.98 Å². The molecule has 0 spiro atoms. The fourth-order valence-electron chi connectivity index (χ4n) is 2.04. The molecule has 5 heteroatoms. The molecule has 0 saturated heterocycles. The van der Waals surface area contributed by atoms with Crippen LogP contribution in [-0.4, -0.2) is 12.1 Å². The monoisotopic (exact) mass is 284 g/mol.